The van der Waals surface area contributed by atoms with Crippen LogP contribution in [0, 0.1) is 6.92 Å². The third kappa shape index (κ3) is 5.25. The molecule has 1 aromatic heterocycles. The molecule has 2 fully saturated rings. The third-order valence-electron chi connectivity index (χ3n) is 6.24. The summed E-state index contributed by atoms with van der Waals surface area (Å²) in [6.07, 6.45) is 1.63. The minimum Gasteiger partial charge on any atom is -0.361 e. The van der Waals surface area contributed by atoms with Gasteiger partial charge in [0.15, 0.2) is 5.11 Å². The van der Waals surface area contributed by atoms with Crippen LogP contribution >= 0.6 is 12.2 Å². The van der Waals surface area contributed by atoms with Gasteiger partial charge in [-0.1, -0.05) is 6.92 Å². The van der Waals surface area contributed by atoms with Crippen LogP contribution in [0.15, 0.2) is 24.3 Å². The molecular weight excluding hydrogens is 408 g/mol. The van der Waals surface area contributed by atoms with E-state index in [9.17, 15) is 4.79 Å². The highest BCUT2D eigenvalue weighted by molar-refractivity contribution is 7.80. The van der Waals surface area contributed by atoms with Crippen molar-refractivity contribution in [3.05, 3.63) is 29.8 Å². The fourth-order valence-electron chi connectivity index (χ4n) is 4.33. The van der Waals surface area contributed by atoms with Crippen molar-refractivity contribution < 1.29 is 4.79 Å². The maximum absolute atomic E-state index is 11.7. The molecule has 0 aliphatic carbocycles. The van der Waals surface area contributed by atoms with E-state index < -0.39 is 0 Å². The summed E-state index contributed by atoms with van der Waals surface area (Å²) in [5.74, 6) is 1.31. The number of benzene rings is 1. The molecule has 0 radical (unpaired) electrons. The number of anilines is 2. The Morgan fingerprint density at radius 1 is 1.16 bits per heavy atom. The Hall–Kier alpha value is -2.45. The molecule has 2 saturated heterocycles. The number of hydrogen-bond donors (Lipinski definition) is 2. The summed E-state index contributed by atoms with van der Waals surface area (Å²) < 4.78 is 0. The number of rotatable bonds is 6. The van der Waals surface area contributed by atoms with Crippen LogP contribution in [-0.4, -0.2) is 78.2 Å². The number of likely N-dealkylation sites (tertiary alicyclic amines) is 1. The number of thiocarbonyl (C=S) groups is 1. The molecule has 1 amide bonds. The fourth-order valence-corrected chi connectivity index (χ4v) is 4.55. The molecule has 7 nitrogen and oxygen atoms in total. The summed E-state index contributed by atoms with van der Waals surface area (Å²) in [5.41, 5.74) is 3.16. The second kappa shape index (κ2) is 9.78. The molecule has 2 aliphatic heterocycles. The normalized spacial score (nSPS) is 17.4. The molecule has 2 aromatic rings. The van der Waals surface area contributed by atoms with Gasteiger partial charge in [-0.15, -0.1) is 0 Å². The van der Waals surface area contributed by atoms with Crippen LogP contribution in [0.5, 0.6) is 0 Å². The Bertz CT molecular complexity index is 956. The van der Waals surface area contributed by atoms with Crippen LogP contribution in [0.3, 0.4) is 0 Å². The maximum atomic E-state index is 11.7. The van der Waals surface area contributed by atoms with Gasteiger partial charge in [0.1, 0.15) is 5.82 Å². The predicted octanol–water partition coefficient (Wildman–Crippen LogP) is 2.59. The van der Waals surface area contributed by atoms with Gasteiger partial charge < -0.3 is 25.3 Å². The number of nitrogens with zero attached hydrogens (tertiary/aromatic N) is 4. The Labute approximate surface area is 189 Å². The fraction of sp³-hybridized carbons (Fsp3) is 0.522. The number of nitrogens with one attached hydrogen (secondary N) is 2. The summed E-state index contributed by atoms with van der Waals surface area (Å²) in [7, 11) is 0. The van der Waals surface area contributed by atoms with Crippen molar-refractivity contribution in [2.45, 2.75) is 26.7 Å². The highest BCUT2D eigenvalue weighted by Gasteiger charge is 2.19. The van der Waals surface area contributed by atoms with E-state index in [0.29, 0.717) is 24.6 Å². The van der Waals surface area contributed by atoms with Crippen molar-refractivity contribution in [3.8, 4) is 0 Å². The molecule has 0 unspecified atom stereocenters. The van der Waals surface area contributed by atoms with Gasteiger partial charge in [0, 0.05) is 63.3 Å². The molecule has 4 rings (SSSR count). The zero-order chi connectivity index (χ0) is 21.8. The zero-order valence-corrected chi connectivity index (χ0v) is 19.3. The summed E-state index contributed by atoms with van der Waals surface area (Å²) in [6.45, 7) is 11.9. The van der Waals surface area contributed by atoms with E-state index in [2.05, 4.69) is 52.5 Å². The topological polar surface area (TPSA) is 63.7 Å². The van der Waals surface area contributed by atoms with Gasteiger partial charge in [-0.3, -0.25) is 4.79 Å². The first-order chi connectivity index (χ1) is 15.0. The number of fused-ring (bicyclic) bond motifs is 1. The average Bonchev–Trinajstić information content (AvgIpc) is 3.18. The summed E-state index contributed by atoms with van der Waals surface area (Å²) in [5, 5.41) is 8.16. The van der Waals surface area contributed by atoms with Gasteiger partial charge in [0.05, 0.1) is 5.52 Å². The number of pyridine rings is 1. The highest BCUT2D eigenvalue weighted by atomic mass is 32.1. The van der Waals surface area contributed by atoms with Gasteiger partial charge >= 0.3 is 0 Å². The first-order valence-electron chi connectivity index (χ1n) is 11.2. The van der Waals surface area contributed by atoms with Crippen LogP contribution in [0.2, 0.25) is 0 Å². The molecular formula is C23H32N6OS. The van der Waals surface area contributed by atoms with E-state index in [1.807, 2.05) is 11.0 Å². The van der Waals surface area contributed by atoms with Crippen LogP contribution < -0.4 is 15.5 Å². The van der Waals surface area contributed by atoms with E-state index in [-0.39, 0.29) is 5.91 Å². The molecule has 3 heterocycles. The quantitative estimate of drug-likeness (QED) is 0.670. The minimum atomic E-state index is 0.241. The SMILES string of the molecule is CCN1CCN(c2cc(C)c3cc(NC(=S)NCCN4CCCC4=O)ccc3n2)CC1. The molecule has 166 valence electrons. The largest absolute Gasteiger partial charge is 0.361 e. The van der Waals surface area contributed by atoms with Crippen LogP contribution in [0.1, 0.15) is 25.3 Å². The van der Waals surface area contributed by atoms with Crippen molar-refractivity contribution in [1.29, 1.82) is 0 Å². The van der Waals surface area contributed by atoms with Crippen LogP contribution in [-0.2, 0) is 4.79 Å². The molecule has 0 bridgehead atoms. The van der Waals surface area contributed by atoms with Crippen molar-refractivity contribution in [2.24, 2.45) is 0 Å². The molecule has 2 aliphatic rings. The monoisotopic (exact) mass is 440 g/mol. The molecule has 0 spiro atoms. The van der Waals surface area contributed by atoms with Gasteiger partial charge in [0.25, 0.3) is 0 Å². The summed E-state index contributed by atoms with van der Waals surface area (Å²) >= 11 is 5.43. The van der Waals surface area contributed by atoms with Gasteiger partial charge in [-0.05, 0) is 61.9 Å². The van der Waals surface area contributed by atoms with E-state index in [4.69, 9.17) is 17.2 Å². The Morgan fingerprint density at radius 3 is 2.68 bits per heavy atom. The number of piperazine rings is 1. The number of aryl methyl sites for hydroxylation is 1. The molecule has 8 heteroatoms. The van der Waals surface area contributed by atoms with Gasteiger partial charge in [-0.2, -0.15) is 0 Å². The Morgan fingerprint density at radius 2 is 1.97 bits per heavy atom. The zero-order valence-electron chi connectivity index (χ0n) is 18.5. The van der Waals surface area contributed by atoms with Crippen LogP contribution in [0.25, 0.3) is 10.9 Å². The molecule has 1 aromatic carbocycles. The number of amides is 1. The second-order valence-corrected chi connectivity index (χ2v) is 8.72. The third-order valence-corrected chi connectivity index (χ3v) is 6.49. The molecule has 0 saturated carbocycles. The standard InChI is InChI=1S/C23H32N6OS/c1-3-27-11-13-28(14-12-27)21-15-17(2)19-16-18(6-7-20(19)26-21)25-23(31)24-8-10-29-9-4-5-22(29)30/h6-7,15-16H,3-5,8-14H2,1-2H3,(H2,24,25,31). The maximum Gasteiger partial charge on any atom is 0.222 e. The Kier molecular flexibility index (Phi) is 6.87. The molecule has 0 atom stereocenters. The van der Waals surface area contributed by atoms with Gasteiger partial charge in [0.2, 0.25) is 5.91 Å². The number of carbonyl (C=O) groups is 1. The number of carbonyl (C=O) groups excluding carboxylic acids is 1. The van der Waals surface area contributed by atoms with Crippen molar-refractivity contribution in [1.82, 2.24) is 20.1 Å². The number of hydrogen-bond acceptors (Lipinski definition) is 5. The summed E-state index contributed by atoms with van der Waals surface area (Å²) in [6, 6.07) is 8.37. The molecule has 2 N–H and O–H groups in total. The van der Waals surface area contributed by atoms with Crippen molar-refractivity contribution in [3.63, 3.8) is 0 Å². The lowest BCUT2D eigenvalue weighted by Crippen LogP contribution is -2.46. The van der Waals surface area contributed by atoms with Crippen molar-refractivity contribution >= 4 is 45.6 Å². The second-order valence-electron chi connectivity index (χ2n) is 8.32. The predicted molar refractivity (Wildman–Crippen MR) is 131 cm³/mol. The van der Waals surface area contributed by atoms with Gasteiger partial charge in [-0.25, -0.2) is 4.98 Å². The smallest absolute Gasteiger partial charge is 0.222 e. The highest BCUT2D eigenvalue weighted by Crippen LogP contribution is 2.26. The minimum absolute atomic E-state index is 0.241. The van der Waals surface area contributed by atoms with E-state index >= 15 is 0 Å². The van der Waals surface area contributed by atoms with Crippen molar-refractivity contribution in [2.75, 3.05) is 62.6 Å². The van der Waals surface area contributed by atoms with E-state index in [0.717, 1.165) is 68.1 Å². The lowest BCUT2D eigenvalue weighted by atomic mass is 10.1. The van der Waals surface area contributed by atoms with E-state index in [1.54, 1.807) is 0 Å². The Balaban J connectivity index is 1.37. The average molecular weight is 441 g/mol. The first-order valence-corrected chi connectivity index (χ1v) is 11.7. The summed E-state index contributed by atoms with van der Waals surface area (Å²) in [4.78, 5) is 23.4. The first kappa shape index (κ1) is 21.8. The number of likely N-dealkylation sites (N-methyl/N-ethyl adjacent to an activating group) is 1. The number of aromatic nitrogens is 1. The lowest BCUT2D eigenvalue weighted by Gasteiger charge is -2.35. The lowest BCUT2D eigenvalue weighted by molar-refractivity contribution is -0.127. The van der Waals surface area contributed by atoms with E-state index in [1.165, 1.54) is 5.56 Å². The van der Waals surface area contributed by atoms with Crippen LogP contribution in [0.4, 0.5) is 11.5 Å². The molecule has 31 heavy (non-hydrogen) atoms.